The molecule has 0 radical (unpaired) electrons. The van der Waals surface area contributed by atoms with E-state index in [0.717, 1.165) is 0 Å². The van der Waals surface area contributed by atoms with Crippen molar-refractivity contribution in [2.24, 2.45) is 7.05 Å². The summed E-state index contributed by atoms with van der Waals surface area (Å²) in [4.78, 5) is 6.41. The molecule has 2 rings (SSSR count). The highest BCUT2D eigenvalue weighted by Gasteiger charge is 2.18. The van der Waals surface area contributed by atoms with E-state index in [1.807, 2.05) is 0 Å². The zero-order chi connectivity index (χ0) is 10.9. The Hall–Kier alpha value is -1.83. The van der Waals surface area contributed by atoms with Crippen molar-refractivity contribution in [1.29, 1.82) is 0 Å². The molecule has 2 aromatic rings. The van der Waals surface area contributed by atoms with E-state index in [4.69, 9.17) is 0 Å². The largest absolute Gasteiger partial charge is 0.330 e. The van der Waals surface area contributed by atoms with Gasteiger partial charge < -0.3 is 4.98 Å². The minimum Gasteiger partial charge on any atom is -0.330 e. The van der Waals surface area contributed by atoms with Gasteiger partial charge in [-0.25, -0.2) is 9.71 Å². The quantitative estimate of drug-likeness (QED) is 0.768. The van der Waals surface area contributed by atoms with Gasteiger partial charge in [0.15, 0.2) is 5.03 Å². The second-order valence-corrected chi connectivity index (χ2v) is 4.47. The van der Waals surface area contributed by atoms with Crippen LogP contribution >= 0.6 is 0 Å². The van der Waals surface area contributed by atoms with E-state index < -0.39 is 10.0 Å². The molecule has 0 atom stereocenters. The predicted octanol–water partition coefficient (Wildman–Crippen LogP) is -0.0560. The van der Waals surface area contributed by atoms with Crippen LogP contribution in [-0.4, -0.2) is 28.2 Å². The van der Waals surface area contributed by atoms with Crippen LogP contribution in [0.2, 0.25) is 0 Å². The first-order valence-electron chi connectivity index (χ1n) is 4.10. The van der Waals surface area contributed by atoms with Crippen molar-refractivity contribution < 1.29 is 8.42 Å². The van der Waals surface area contributed by atoms with Crippen LogP contribution in [0.3, 0.4) is 0 Å². The molecule has 0 aromatic carbocycles. The van der Waals surface area contributed by atoms with E-state index >= 15 is 0 Å². The highest BCUT2D eigenvalue weighted by atomic mass is 32.2. The molecule has 0 fully saturated rings. The minimum atomic E-state index is -3.61. The van der Waals surface area contributed by atoms with Crippen LogP contribution in [0.15, 0.2) is 29.7 Å². The zero-order valence-electron chi connectivity index (χ0n) is 7.88. The van der Waals surface area contributed by atoms with Crippen molar-refractivity contribution in [3.63, 3.8) is 0 Å². The molecule has 2 N–H and O–H groups in total. The molecule has 0 bridgehead atoms. The molecule has 2 heterocycles. The monoisotopic (exact) mass is 227 g/mol. The topological polar surface area (TPSA) is 92.7 Å². The number of aryl methyl sites for hydroxylation is 1. The van der Waals surface area contributed by atoms with Crippen molar-refractivity contribution in [2.45, 2.75) is 5.03 Å². The second-order valence-electron chi connectivity index (χ2n) is 2.84. The number of aromatic nitrogens is 4. The molecule has 7 nitrogen and oxygen atoms in total. The summed E-state index contributed by atoms with van der Waals surface area (Å²) in [5, 5.41) is 3.86. The van der Waals surface area contributed by atoms with Gasteiger partial charge >= 0.3 is 0 Å². The van der Waals surface area contributed by atoms with Gasteiger partial charge in [0.05, 0.1) is 6.20 Å². The zero-order valence-corrected chi connectivity index (χ0v) is 8.69. The molecule has 2 aromatic heterocycles. The summed E-state index contributed by atoms with van der Waals surface area (Å²) >= 11 is 0. The first kappa shape index (κ1) is 9.71. The highest BCUT2D eigenvalue weighted by molar-refractivity contribution is 7.92. The third kappa shape index (κ3) is 1.84. The lowest BCUT2D eigenvalue weighted by Crippen LogP contribution is -2.17. The Morgan fingerprint density at radius 1 is 1.47 bits per heavy atom. The van der Waals surface area contributed by atoms with Crippen molar-refractivity contribution in [2.75, 3.05) is 4.72 Å². The lowest BCUT2D eigenvalue weighted by molar-refractivity contribution is 0.581. The lowest BCUT2D eigenvalue weighted by atomic mass is 10.7. The van der Waals surface area contributed by atoms with E-state index in [-0.39, 0.29) is 11.0 Å². The highest BCUT2D eigenvalue weighted by Crippen LogP contribution is 2.10. The average Bonchev–Trinajstić information content (AvgIpc) is 2.75. The molecule has 0 aliphatic carbocycles. The van der Waals surface area contributed by atoms with Gasteiger partial charge in [0.2, 0.25) is 5.95 Å². The Balaban J connectivity index is 2.33. The van der Waals surface area contributed by atoms with Crippen LogP contribution in [0.4, 0.5) is 5.95 Å². The van der Waals surface area contributed by atoms with E-state index in [0.29, 0.717) is 0 Å². The van der Waals surface area contributed by atoms with Crippen molar-refractivity contribution >= 4 is 16.0 Å². The van der Waals surface area contributed by atoms with E-state index in [9.17, 15) is 8.42 Å². The Labute approximate surface area is 86.2 Å². The van der Waals surface area contributed by atoms with Crippen LogP contribution in [0.25, 0.3) is 0 Å². The van der Waals surface area contributed by atoms with Gasteiger partial charge in [-0.1, -0.05) is 0 Å². The SMILES string of the molecule is Cn1nccc1S(=O)(=O)Nc1ncc[nH]1. The van der Waals surface area contributed by atoms with Crippen LogP contribution in [0.5, 0.6) is 0 Å². The first-order chi connectivity index (χ1) is 7.09. The fraction of sp³-hybridized carbons (Fsp3) is 0.143. The summed E-state index contributed by atoms with van der Waals surface area (Å²) < 4.78 is 27.1. The number of sulfonamides is 1. The van der Waals surface area contributed by atoms with E-state index in [2.05, 4.69) is 19.8 Å². The summed E-state index contributed by atoms with van der Waals surface area (Å²) in [6, 6.07) is 1.41. The van der Waals surface area contributed by atoms with Crippen LogP contribution in [0.1, 0.15) is 0 Å². The van der Waals surface area contributed by atoms with Gasteiger partial charge in [-0.3, -0.25) is 4.68 Å². The molecule has 0 unspecified atom stereocenters. The number of imidazole rings is 1. The maximum Gasteiger partial charge on any atom is 0.281 e. The van der Waals surface area contributed by atoms with Gasteiger partial charge in [0.1, 0.15) is 0 Å². The summed E-state index contributed by atoms with van der Waals surface area (Å²) in [5.74, 6) is 0.177. The van der Waals surface area contributed by atoms with Crippen LogP contribution < -0.4 is 4.72 Å². The molecule has 8 heteroatoms. The van der Waals surface area contributed by atoms with Gasteiger partial charge in [0.25, 0.3) is 10.0 Å². The maximum absolute atomic E-state index is 11.7. The first-order valence-corrected chi connectivity index (χ1v) is 5.58. The summed E-state index contributed by atoms with van der Waals surface area (Å²) in [6.07, 6.45) is 4.40. The molecular formula is C7H9N5O2S. The maximum atomic E-state index is 11.7. The van der Waals surface area contributed by atoms with Crippen molar-refractivity contribution in [3.05, 3.63) is 24.7 Å². The number of anilines is 1. The Morgan fingerprint density at radius 3 is 2.80 bits per heavy atom. The average molecular weight is 227 g/mol. The van der Waals surface area contributed by atoms with Gasteiger partial charge in [0, 0.05) is 19.4 Å². The number of nitrogens with zero attached hydrogens (tertiary/aromatic N) is 3. The normalized spacial score (nSPS) is 11.5. The molecular weight excluding hydrogens is 218 g/mol. The van der Waals surface area contributed by atoms with Gasteiger partial charge in [-0.2, -0.15) is 13.5 Å². The number of H-pyrrole nitrogens is 1. The second kappa shape index (κ2) is 3.39. The number of hydrogen-bond donors (Lipinski definition) is 2. The fourth-order valence-corrected chi connectivity index (χ4v) is 2.23. The molecule has 0 aliphatic rings. The van der Waals surface area contributed by atoms with Crippen LogP contribution in [-0.2, 0) is 17.1 Å². The standard InChI is InChI=1S/C7H9N5O2S/c1-12-6(2-3-10-12)15(13,14)11-7-8-4-5-9-7/h2-5H,1H3,(H2,8,9,11). The Kier molecular flexibility index (Phi) is 2.19. The molecule has 0 aliphatic heterocycles. The predicted molar refractivity (Wildman–Crippen MR) is 52.6 cm³/mol. The number of hydrogen-bond acceptors (Lipinski definition) is 4. The molecule has 0 spiro atoms. The number of aromatic amines is 1. The summed E-state index contributed by atoms with van der Waals surface area (Å²) in [7, 11) is -2.06. The summed E-state index contributed by atoms with van der Waals surface area (Å²) in [6.45, 7) is 0. The van der Waals surface area contributed by atoms with Gasteiger partial charge in [-0.15, -0.1) is 0 Å². The Bertz CT molecular complexity index is 542. The lowest BCUT2D eigenvalue weighted by Gasteiger charge is -2.04. The van der Waals surface area contributed by atoms with Crippen LogP contribution in [0, 0.1) is 0 Å². The summed E-state index contributed by atoms with van der Waals surface area (Å²) in [5.41, 5.74) is 0. The molecule has 15 heavy (non-hydrogen) atoms. The van der Waals surface area contributed by atoms with Crippen molar-refractivity contribution in [3.8, 4) is 0 Å². The van der Waals surface area contributed by atoms with Crippen molar-refractivity contribution in [1.82, 2.24) is 19.7 Å². The molecule has 0 saturated carbocycles. The molecule has 0 saturated heterocycles. The van der Waals surface area contributed by atoms with Gasteiger partial charge in [-0.05, 0) is 6.07 Å². The fourth-order valence-electron chi connectivity index (χ4n) is 1.13. The minimum absolute atomic E-state index is 0.0823. The molecule has 0 amide bonds. The smallest absolute Gasteiger partial charge is 0.281 e. The van der Waals surface area contributed by atoms with E-state index in [1.165, 1.54) is 29.3 Å². The third-order valence-electron chi connectivity index (χ3n) is 1.78. The number of rotatable bonds is 3. The number of nitrogens with one attached hydrogen (secondary N) is 2. The van der Waals surface area contributed by atoms with E-state index in [1.54, 1.807) is 7.05 Å². The Morgan fingerprint density at radius 2 is 2.27 bits per heavy atom. The molecule has 80 valence electrons. The third-order valence-corrected chi connectivity index (χ3v) is 3.19.